The van der Waals surface area contributed by atoms with Gasteiger partial charge in [-0.05, 0) is 12.1 Å². The highest BCUT2D eigenvalue weighted by Crippen LogP contribution is 2.18. The van der Waals surface area contributed by atoms with Crippen molar-refractivity contribution in [2.24, 2.45) is 5.14 Å². The number of rotatable bonds is 2. The third kappa shape index (κ3) is 2.05. The fourth-order valence-electron chi connectivity index (χ4n) is 1.18. The molecule has 0 bridgehead atoms. The first kappa shape index (κ1) is 9.88. The molecule has 0 spiro atoms. The van der Waals surface area contributed by atoms with Gasteiger partial charge in [0.15, 0.2) is 0 Å². The van der Waals surface area contributed by atoms with Gasteiger partial charge in [-0.15, -0.1) is 0 Å². The highest BCUT2D eigenvalue weighted by atomic mass is 32.2. The molecule has 1 aromatic carbocycles. The molecule has 5 nitrogen and oxygen atoms in total. The number of hydrogen-bond donors (Lipinski definition) is 1. The fraction of sp³-hybridized carbons (Fsp3) is 0. The highest BCUT2D eigenvalue weighted by molar-refractivity contribution is 7.89. The lowest BCUT2D eigenvalue weighted by atomic mass is 10.2. The second-order valence-corrected chi connectivity index (χ2v) is 4.52. The maximum atomic E-state index is 11.0. The Morgan fingerprint density at radius 3 is 2.27 bits per heavy atom. The molecule has 0 radical (unpaired) electrons. The van der Waals surface area contributed by atoms with Gasteiger partial charge in [0, 0.05) is 11.6 Å². The van der Waals surface area contributed by atoms with E-state index < -0.39 is 10.0 Å². The summed E-state index contributed by atoms with van der Waals surface area (Å²) in [4.78, 5) is 0.0785. The van der Waals surface area contributed by atoms with Crippen LogP contribution in [0.3, 0.4) is 0 Å². The molecule has 0 aliphatic rings. The van der Waals surface area contributed by atoms with Crippen molar-refractivity contribution in [2.75, 3.05) is 0 Å². The van der Waals surface area contributed by atoms with E-state index in [2.05, 4.69) is 9.68 Å². The summed E-state index contributed by atoms with van der Waals surface area (Å²) in [5.74, 6) is 0. The first-order valence-corrected chi connectivity index (χ1v) is 5.65. The molecule has 6 heteroatoms. The summed E-state index contributed by atoms with van der Waals surface area (Å²) in [5.41, 5.74) is 1.42. The number of nitrogens with two attached hydrogens (primary N) is 1. The second-order valence-electron chi connectivity index (χ2n) is 2.95. The van der Waals surface area contributed by atoms with Crippen LogP contribution in [0.15, 0.2) is 46.0 Å². The summed E-state index contributed by atoms with van der Waals surface area (Å²) in [6, 6.07) is 7.79. The maximum Gasteiger partial charge on any atom is 0.238 e. The number of hydrogen-bond acceptors (Lipinski definition) is 4. The van der Waals surface area contributed by atoms with Crippen molar-refractivity contribution in [3.05, 3.63) is 36.6 Å². The van der Waals surface area contributed by atoms with E-state index in [9.17, 15) is 8.42 Å². The Hall–Kier alpha value is -1.66. The lowest BCUT2D eigenvalue weighted by Gasteiger charge is -1.98. The van der Waals surface area contributed by atoms with Crippen molar-refractivity contribution in [2.45, 2.75) is 4.90 Å². The molecular weight excluding hydrogens is 216 g/mol. The summed E-state index contributed by atoms with van der Waals surface area (Å²) < 4.78 is 26.6. The molecule has 78 valence electrons. The number of aromatic nitrogens is 1. The minimum absolute atomic E-state index is 0.0785. The van der Waals surface area contributed by atoms with Gasteiger partial charge in [-0.1, -0.05) is 17.3 Å². The van der Waals surface area contributed by atoms with E-state index in [4.69, 9.17) is 5.14 Å². The molecule has 1 aromatic heterocycles. The Morgan fingerprint density at radius 1 is 1.13 bits per heavy atom. The van der Waals surface area contributed by atoms with Gasteiger partial charge in [-0.3, -0.25) is 0 Å². The molecule has 0 aliphatic heterocycles. The zero-order valence-corrected chi connectivity index (χ0v) is 8.44. The van der Waals surface area contributed by atoms with Crippen LogP contribution in [-0.4, -0.2) is 13.6 Å². The quantitative estimate of drug-likeness (QED) is 0.824. The first-order valence-electron chi connectivity index (χ1n) is 4.11. The Balaban J connectivity index is 2.42. The monoisotopic (exact) mass is 224 g/mol. The minimum Gasteiger partial charge on any atom is -0.364 e. The summed E-state index contributed by atoms with van der Waals surface area (Å²) in [6.07, 6.45) is 1.45. The molecule has 2 aromatic rings. The van der Waals surface area contributed by atoms with Crippen LogP contribution in [0.5, 0.6) is 0 Å². The molecule has 0 atom stereocenters. The molecule has 1 heterocycles. The molecule has 15 heavy (non-hydrogen) atoms. The lowest BCUT2D eigenvalue weighted by molar-refractivity contribution is 0.422. The van der Waals surface area contributed by atoms with Gasteiger partial charge in [0.05, 0.1) is 4.90 Å². The van der Waals surface area contributed by atoms with Crippen molar-refractivity contribution in [3.63, 3.8) is 0 Å². The lowest BCUT2D eigenvalue weighted by Crippen LogP contribution is -2.11. The van der Waals surface area contributed by atoms with Crippen LogP contribution >= 0.6 is 0 Å². The van der Waals surface area contributed by atoms with E-state index in [0.29, 0.717) is 5.69 Å². The maximum absolute atomic E-state index is 11.0. The van der Waals surface area contributed by atoms with Gasteiger partial charge >= 0.3 is 0 Å². The SMILES string of the molecule is NS(=O)(=O)c1ccc(-c2ccon2)cc1. The largest absolute Gasteiger partial charge is 0.364 e. The molecule has 0 saturated heterocycles. The van der Waals surface area contributed by atoms with E-state index in [1.807, 2.05) is 0 Å². The first-order chi connectivity index (χ1) is 7.07. The predicted octanol–water partition coefficient (Wildman–Crippen LogP) is 0.989. The van der Waals surface area contributed by atoms with Crippen LogP contribution in [-0.2, 0) is 10.0 Å². The summed E-state index contributed by atoms with van der Waals surface area (Å²) in [7, 11) is -3.63. The Morgan fingerprint density at radius 2 is 1.80 bits per heavy atom. The van der Waals surface area contributed by atoms with Gasteiger partial charge in [-0.25, -0.2) is 13.6 Å². The zero-order chi connectivity index (χ0) is 10.9. The van der Waals surface area contributed by atoms with Gasteiger partial charge in [0.1, 0.15) is 12.0 Å². The Labute approximate surface area is 86.6 Å². The highest BCUT2D eigenvalue weighted by Gasteiger charge is 2.07. The predicted molar refractivity (Wildman–Crippen MR) is 53.3 cm³/mol. The Kier molecular flexibility index (Phi) is 2.29. The van der Waals surface area contributed by atoms with E-state index >= 15 is 0 Å². The molecule has 0 saturated carbocycles. The summed E-state index contributed by atoms with van der Waals surface area (Å²) in [6.45, 7) is 0. The van der Waals surface area contributed by atoms with Crippen molar-refractivity contribution < 1.29 is 12.9 Å². The normalized spacial score (nSPS) is 11.5. The third-order valence-corrected chi connectivity index (χ3v) is 2.85. The fourth-order valence-corrected chi connectivity index (χ4v) is 1.69. The smallest absolute Gasteiger partial charge is 0.238 e. The molecule has 0 amide bonds. The molecule has 0 unspecified atom stereocenters. The van der Waals surface area contributed by atoms with Crippen LogP contribution in [0.4, 0.5) is 0 Å². The van der Waals surface area contributed by atoms with Crippen molar-refractivity contribution in [1.29, 1.82) is 0 Å². The van der Waals surface area contributed by atoms with Crippen LogP contribution < -0.4 is 5.14 Å². The summed E-state index contributed by atoms with van der Waals surface area (Å²) in [5, 5.41) is 8.69. The molecule has 2 N–H and O–H groups in total. The average Bonchev–Trinajstić information content (AvgIpc) is 2.69. The van der Waals surface area contributed by atoms with E-state index in [1.165, 1.54) is 18.4 Å². The number of sulfonamides is 1. The molecule has 2 rings (SSSR count). The molecule has 0 fully saturated rings. The van der Waals surface area contributed by atoms with Gasteiger partial charge < -0.3 is 4.52 Å². The van der Waals surface area contributed by atoms with E-state index in [-0.39, 0.29) is 4.90 Å². The minimum atomic E-state index is -3.63. The van der Waals surface area contributed by atoms with Gasteiger partial charge in [-0.2, -0.15) is 0 Å². The van der Waals surface area contributed by atoms with Crippen molar-refractivity contribution >= 4 is 10.0 Å². The third-order valence-electron chi connectivity index (χ3n) is 1.92. The summed E-state index contributed by atoms with van der Waals surface area (Å²) >= 11 is 0. The van der Waals surface area contributed by atoms with Gasteiger partial charge in [0.2, 0.25) is 10.0 Å². The van der Waals surface area contributed by atoms with Crippen LogP contribution in [0.25, 0.3) is 11.3 Å². The van der Waals surface area contributed by atoms with E-state index in [0.717, 1.165) is 5.56 Å². The van der Waals surface area contributed by atoms with Crippen molar-refractivity contribution in [3.8, 4) is 11.3 Å². The number of primary sulfonamides is 1. The number of nitrogens with zero attached hydrogens (tertiary/aromatic N) is 1. The van der Waals surface area contributed by atoms with Crippen LogP contribution in [0.1, 0.15) is 0 Å². The zero-order valence-electron chi connectivity index (χ0n) is 7.62. The molecule has 0 aliphatic carbocycles. The standard InChI is InChI=1S/C9H8N2O3S/c10-15(12,13)8-3-1-7(2-4-8)9-5-6-14-11-9/h1-6H,(H2,10,12,13). The van der Waals surface area contributed by atoms with E-state index in [1.54, 1.807) is 18.2 Å². The molecular formula is C9H8N2O3S. The number of benzene rings is 1. The Bertz CT molecular complexity index is 544. The van der Waals surface area contributed by atoms with Crippen LogP contribution in [0, 0.1) is 0 Å². The second kappa shape index (κ2) is 3.48. The topological polar surface area (TPSA) is 86.2 Å². The van der Waals surface area contributed by atoms with Crippen molar-refractivity contribution in [1.82, 2.24) is 5.16 Å². The average molecular weight is 224 g/mol. The van der Waals surface area contributed by atoms with Gasteiger partial charge in [0.25, 0.3) is 0 Å². The van der Waals surface area contributed by atoms with Crippen LogP contribution in [0.2, 0.25) is 0 Å².